The molecule has 2 saturated carbocycles. The van der Waals surface area contributed by atoms with Crippen LogP contribution in [0.4, 0.5) is 0 Å². The van der Waals surface area contributed by atoms with Gasteiger partial charge < -0.3 is 14.2 Å². The molecule has 6 heteroatoms. The van der Waals surface area contributed by atoms with Crippen molar-refractivity contribution in [1.82, 2.24) is 0 Å². The summed E-state index contributed by atoms with van der Waals surface area (Å²) in [4.78, 5) is 0. The Balaban J connectivity index is 1.94. The first kappa shape index (κ1) is 27.2. The van der Waals surface area contributed by atoms with Crippen molar-refractivity contribution in [2.45, 2.75) is 98.1 Å². The molecule has 1 aromatic rings. The Morgan fingerprint density at radius 1 is 0.848 bits per heavy atom. The van der Waals surface area contributed by atoms with Crippen LogP contribution in [0.5, 0.6) is 0 Å². The number of aliphatic hydroxyl groups excluding tert-OH is 1. The van der Waals surface area contributed by atoms with Crippen LogP contribution in [-0.2, 0) is 13.6 Å². The molecule has 0 heterocycles. The van der Waals surface area contributed by atoms with E-state index >= 15 is 0 Å². The number of hydrogen-bond donors (Lipinski definition) is 1. The standard InChI is InChI=1S/C27H44ClO4P/c1-17(2)23-13-7-19(5)15-25(23)31-33(30,27(29)21-9-11-22(28)12-10-21)32-26-16-20(6)8-14-24(26)18(3)4/h9-12,17-20,23-27,29H,7-8,13-16H2,1-6H3/t19-,20-,23-,24+,25-,26-,27-,33?/m1/s1. The van der Waals surface area contributed by atoms with Gasteiger partial charge in [0, 0.05) is 5.02 Å². The minimum absolute atomic E-state index is 0.181. The molecule has 8 atom stereocenters. The van der Waals surface area contributed by atoms with Gasteiger partial charge in [0.25, 0.3) is 0 Å². The van der Waals surface area contributed by atoms with Crippen LogP contribution in [0.3, 0.4) is 0 Å². The molecule has 3 rings (SSSR count). The van der Waals surface area contributed by atoms with Gasteiger partial charge in [0.05, 0.1) is 12.2 Å². The fourth-order valence-corrected chi connectivity index (χ4v) is 7.99. The van der Waals surface area contributed by atoms with Crippen molar-refractivity contribution in [3.8, 4) is 0 Å². The lowest BCUT2D eigenvalue weighted by molar-refractivity contribution is -0.0153. The summed E-state index contributed by atoms with van der Waals surface area (Å²) in [5.74, 6) is 1.13. The summed E-state index contributed by atoms with van der Waals surface area (Å²) < 4.78 is 27.5. The maximum atomic E-state index is 14.6. The zero-order valence-corrected chi connectivity index (χ0v) is 22.9. The molecule has 0 saturated heterocycles. The molecule has 0 amide bonds. The molecule has 0 spiro atoms. The second-order valence-corrected chi connectivity index (χ2v) is 13.8. The number of halogens is 1. The molecule has 2 aliphatic carbocycles. The van der Waals surface area contributed by atoms with Gasteiger partial charge in [-0.3, -0.25) is 4.57 Å². The highest BCUT2D eigenvalue weighted by atomic mass is 35.5. The Kier molecular flexibility index (Phi) is 9.54. The highest BCUT2D eigenvalue weighted by molar-refractivity contribution is 7.54. The minimum Gasteiger partial charge on any atom is -0.376 e. The van der Waals surface area contributed by atoms with Gasteiger partial charge >= 0.3 is 7.60 Å². The number of aliphatic hydroxyl groups is 1. The predicted molar refractivity (Wildman–Crippen MR) is 136 cm³/mol. The Hall–Kier alpha value is -0.380. The summed E-state index contributed by atoms with van der Waals surface area (Å²) in [6.45, 7) is 13.3. The van der Waals surface area contributed by atoms with Gasteiger partial charge in [-0.05, 0) is 78.9 Å². The molecular formula is C27H44ClO4P. The first-order valence-corrected chi connectivity index (χ1v) is 14.9. The maximum Gasteiger partial charge on any atom is 0.363 e. The number of hydrogen-bond acceptors (Lipinski definition) is 4. The summed E-state index contributed by atoms with van der Waals surface area (Å²) in [7, 11) is -3.88. The van der Waals surface area contributed by atoms with Crippen LogP contribution in [0.15, 0.2) is 24.3 Å². The van der Waals surface area contributed by atoms with E-state index in [0.717, 1.165) is 38.5 Å². The average molecular weight is 499 g/mol. The van der Waals surface area contributed by atoms with E-state index < -0.39 is 13.4 Å². The number of rotatable bonds is 8. The summed E-state index contributed by atoms with van der Waals surface area (Å²) in [5.41, 5.74) is 0.526. The van der Waals surface area contributed by atoms with E-state index in [4.69, 9.17) is 20.6 Å². The van der Waals surface area contributed by atoms with Gasteiger partial charge in [0.15, 0.2) is 5.85 Å². The van der Waals surface area contributed by atoms with Crippen LogP contribution in [0.2, 0.25) is 5.02 Å². The first-order chi connectivity index (χ1) is 15.5. The summed E-state index contributed by atoms with van der Waals surface area (Å²) in [6, 6.07) is 6.87. The third-order valence-corrected chi connectivity index (χ3v) is 10.2. The smallest absolute Gasteiger partial charge is 0.363 e. The fraction of sp³-hybridized carbons (Fsp3) is 0.778. The Morgan fingerprint density at radius 3 is 1.67 bits per heavy atom. The molecule has 188 valence electrons. The highest BCUT2D eigenvalue weighted by Gasteiger charge is 2.46. The van der Waals surface area contributed by atoms with E-state index in [1.807, 2.05) is 0 Å². The monoisotopic (exact) mass is 498 g/mol. The molecular weight excluding hydrogens is 455 g/mol. The summed E-state index contributed by atoms with van der Waals surface area (Å²) in [6.07, 6.45) is 5.74. The largest absolute Gasteiger partial charge is 0.376 e. The quantitative estimate of drug-likeness (QED) is 0.365. The number of benzene rings is 1. The lowest BCUT2D eigenvalue weighted by atomic mass is 9.75. The zero-order chi connectivity index (χ0) is 24.3. The van der Waals surface area contributed by atoms with E-state index in [1.54, 1.807) is 24.3 Å². The normalized spacial score (nSPS) is 33.8. The fourth-order valence-electron chi connectivity index (χ4n) is 5.81. The molecule has 0 radical (unpaired) electrons. The average Bonchev–Trinajstić information content (AvgIpc) is 2.73. The molecule has 1 aromatic carbocycles. The van der Waals surface area contributed by atoms with Crippen LogP contribution >= 0.6 is 19.2 Å². The summed E-state index contributed by atoms with van der Waals surface area (Å²) >= 11 is 6.07. The van der Waals surface area contributed by atoms with Crippen LogP contribution in [0, 0.1) is 35.5 Å². The molecule has 0 bridgehead atoms. The van der Waals surface area contributed by atoms with Crippen LogP contribution < -0.4 is 0 Å². The van der Waals surface area contributed by atoms with Gasteiger partial charge in [-0.1, -0.05) is 78.1 Å². The molecule has 0 aromatic heterocycles. The Morgan fingerprint density at radius 2 is 1.27 bits per heavy atom. The van der Waals surface area contributed by atoms with Crippen LogP contribution in [0.25, 0.3) is 0 Å². The highest BCUT2D eigenvalue weighted by Crippen LogP contribution is 2.64. The van der Waals surface area contributed by atoms with E-state index in [2.05, 4.69) is 41.5 Å². The predicted octanol–water partition coefficient (Wildman–Crippen LogP) is 8.48. The van der Waals surface area contributed by atoms with Crippen LogP contribution in [0.1, 0.15) is 91.5 Å². The van der Waals surface area contributed by atoms with Gasteiger partial charge in [0.2, 0.25) is 0 Å². The Labute approximate surface area is 206 Å². The second-order valence-electron chi connectivity index (χ2n) is 11.4. The third kappa shape index (κ3) is 6.85. The maximum absolute atomic E-state index is 14.6. The van der Waals surface area contributed by atoms with E-state index in [0.29, 0.717) is 46.1 Å². The van der Waals surface area contributed by atoms with Crippen molar-refractivity contribution < 1.29 is 18.7 Å². The van der Waals surface area contributed by atoms with Crippen molar-refractivity contribution in [3.05, 3.63) is 34.9 Å². The summed E-state index contributed by atoms with van der Waals surface area (Å²) in [5, 5.41) is 12.0. The SMILES string of the molecule is CC(C)[C@H]1CC[C@@H](C)C[C@H]1OP(=O)(O[C@@H]1C[C@H](C)CC[C@H]1C(C)C)[C@@H](O)c1ccc(Cl)cc1. The molecule has 4 nitrogen and oxygen atoms in total. The molecule has 1 unspecified atom stereocenters. The van der Waals surface area contributed by atoms with Gasteiger partial charge in [-0.25, -0.2) is 0 Å². The lowest BCUT2D eigenvalue weighted by Gasteiger charge is -2.42. The zero-order valence-electron chi connectivity index (χ0n) is 21.2. The van der Waals surface area contributed by atoms with Gasteiger partial charge in [-0.2, -0.15) is 0 Å². The van der Waals surface area contributed by atoms with Crippen LogP contribution in [-0.4, -0.2) is 17.3 Å². The van der Waals surface area contributed by atoms with Crippen molar-refractivity contribution >= 4 is 19.2 Å². The van der Waals surface area contributed by atoms with Crippen molar-refractivity contribution in [1.29, 1.82) is 0 Å². The molecule has 33 heavy (non-hydrogen) atoms. The molecule has 0 aliphatic heterocycles. The van der Waals surface area contributed by atoms with E-state index in [9.17, 15) is 9.67 Å². The Bertz CT molecular complexity index is 758. The van der Waals surface area contributed by atoms with Crippen molar-refractivity contribution in [3.63, 3.8) is 0 Å². The van der Waals surface area contributed by atoms with Gasteiger partial charge in [0.1, 0.15) is 0 Å². The molecule has 1 N–H and O–H groups in total. The minimum atomic E-state index is -3.88. The van der Waals surface area contributed by atoms with E-state index in [1.165, 1.54) is 0 Å². The first-order valence-electron chi connectivity index (χ1n) is 12.9. The topological polar surface area (TPSA) is 55.8 Å². The molecule has 2 fully saturated rings. The lowest BCUT2D eigenvalue weighted by Crippen LogP contribution is -2.37. The second kappa shape index (κ2) is 11.6. The third-order valence-electron chi connectivity index (χ3n) is 7.95. The van der Waals surface area contributed by atoms with Crippen molar-refractivity contribution in [2.75, 3.05) is 0 Å². The molecule has 2 aliphatic rings. The van der Waals surface area contributed by atoms with Gasteiger partial charge in [-0.15, -0.1) is 0 Å². The van der Waals surface area contributed by atoms with Crippen molar-refractivity contribution in [2.24, 2.45) is 35.5 Å². The van der Waals surface area contributed by atoms with E-state index in [-0.39, 0.29) is 12.2 Å².